The number of methoxy groups -OCH3 is 2. The van der Waals surface area contributed by atoms with Gasteiger partial charge in [-0.15, -0.1) is 11.3 Å². The van der Waals surface area contributed by atoms with Crippen LogP contribution in [-0.4, -0.2) is 61.1 Å². The van der Waals surface area contributed by atoms with E-state index >= 15 is 0 Å². The third-order valence-corrected chi connectivity index (χ3v) is 5.54. The number of carbonyl (C=O) groups excluding carboxylic acids is 2. The van der Waals surface area contributed by atoms with Crippen molar-refractivity contribution in [3.8, 4) is 22.8 Å². The average molecular weight is 404 g/mol. The largest absolute Gasteiger partial charge is 0.497 e. The van der Waals surface area contributed by atoms with Gasteiger partial charge in [0.2, 0.25) is 11.8 Å². The van der Waals surface area contributed by atoms with E-state index in [9.17, 15) is 9.59 Å². The first-order chi connectivity index (χ1) is 13.3. The Morgan fingerprint density at radius 3 is 2.86 bits per heavy atom. The van der Waals surface area contributed by atoms with E-state index in [4.69, 9.17) is 9.47 Å². The Bertz CT molecular complexity index is 881. The summed E-state index contributed by atoms with van der Waals surface area (Å²) < 4.78 is 10.6. The van der Waals surface area contributed by atoms with Gasteiger partial charge < -0.3 is 20.1 Å². The third-order valence-electron chi connectivity index (χ3n) is 4.78. The lowest BCUT2D eigenvalue weighted by Crippen LogP contribution is -2.62. The Hall–Kier alpha value is -2.65. The van der Waals surface area contributed by atoms with Gasteiger partial charge in [0.05, 0.1) is 32.0 Å². The zero-order chi connectivity index (χ0) is 20.3. The molecule has 0 saturated carbocycles. The van der Waals surface area contributed by atoms with Gasteiger partial charge in [0.1, 0.15) is 11.5 Å². The maximum absolute atomic E-state index is 12.5. The maximum atomic E-state index is 12.5. The quantitative estimate of drug-likeness (QED) is 0.765. The van der Waals surface area contributed by atoms with Crippen LogP contribution in [0.1, 0.15) is 13.8 Å². The summed E-state index contributed by atoms with van der Waals surface area (Å²) in [5.41, 5.74) is 0.798. The molecule has 2 N–H and O–H groups in total. The van der Waals surface area contributed by atoms with E-state index in [2.05, 4.69) is 15.6 Å². The molecule has 8 nitrogen and oxygen atoms in total. The Morgan fingerprint density at radius 2 is 2.14 bits per heavy atom. The minimum atomic E-state index is -0.722. The second-order valence-electron chi connectivity index (χ2n) is 6.89. The molecule has 0 spiro atoms. The molecule has 1 aromatic carbocycles. The van der Waals surface area contributed by atoms with Gasteiger partial charge in [0.25, 0.3) is 0 Å². The van der Waals surface area contributed by atoms with Crippen LogP contribution in [0.4, 0.5) is 5.13 Å². The molecule has 28 heavy (non-hydrogen) atoms. The van der Waals surface area contributed by atoms with Crippen LogP contribution in [-0.2, 0) is 9.59 Å². The summed E-state index contributed by atoms with van der Waals surface area (Å²) in [6, 6.07) is 5.49. The minimum absolute atomic E-state index is 0.0744. The van der Waals surface area contributed by atoms with Crippen molar-refractivity contribution in [2.45, 2.75) is 19.4 Å². The fourth-order valence-electron chi connectivity index (χ4n) is 3.02. The molecule has 0 bridgehead atoms. The summed E-state index contributed by atoms with van der Waals surface area (Å²) in [4.78, 5) is 30.8. The monoisotopic (exact) mass is 404 g/mol. The van der Waals surface area contributed by atoms with Crippen LogP contribution in [0.5, 0.6) is 11.5 Å². The summed E-state index contributed by atoms with van der Waals surface area (Å²) in [5.74, 6) is 1.06. The highest BCUT2D eigenvalue weighted by atomic mass is 32.1. The van der Waals surface area contributed by atoms with E-state index in [1.54, 1.807) is 20.3 Å². The standard InChI is InChI=1S/C19H24N4O4S/c1-19(2)17(25)20-7-8-23(19)10-16(24)22-18-21-14(11-28-18)13-6-5-12(26-3)9-15(13)27-4/h5-6,9,11H,7-8,10H2,1-4H3,(H,20,25)(H,21,22,24). The van der Waals surface area contributed by atoms with Gasteiger partial charge in [-0.2, -0.15) is 0 Å². The fraction of sp³-hybridized carbons (Fsp3) is 0.421. The van der Waals surface area contributed by atoms with Gasteiger partial charge in [-0.1, -0.05) is 0 Å². The van der Waals surface area contributed by atoms with E-state index in [1.165, 1.54) is 11.3 Å². The first-order valence-electron chi connectivity index (χ1n) is 8.86. The molecule has 1 fully saturated rings. The topological polar surface area (TPSA) is 92.8 Å². The normalized spacial score (nSPS) is 16.4. The molecule has 9 heteroatoms. The van der Waals surface area contributed by atoms with Crippen LogP contribution in [0, 0.1) is 0 Å². The van der Waals surface area contributed by atoms with Crippen molar-refractivity contribution in [1.82, 2.24) is 15.2 Å². The maximum Gasteiger partial charge on any atom is 0.240 e. The van der Waals surface area contributed by atoms with Gasteiger partial charge in [0.15, 0.2) is 5.13 Å². The second-order valence-corrected chi connectivity index (χ2v) is 7.75. The summed E-state index contributed by atoms with van der Waals surface area (Å²) in [6.45, 7) is 4.91. The van der Waals surface area contributed by atoms with Gasteiger partial charge in [-0.05, 0) is 26.0 Å². The van der Waals surface area contributed by atoms with E-state index in [-0.39, 0.29) is 18.4 Å². The van der Waals surface area contributed by atoms with Crippen LogP contribution in [0.2, 0.25) is 0 Å². The minimum Gasteiger partial charge on any atom is -0.497 e. The number of thiazole rings is 1. The number of benzene rings is 1. The zero-order valence-corrected chi connectivity index (χ0v) is 17.2. The fourth-order valence-corrected chi connectivity index (χ4v) is 3.74. The Labute approximate surface area is 167 Å². The van der Waals surface area contributed by atoms with Crippen LogP contribution in [0.3, 0.4) is 0 Å². The van der Waals surface area contributed by atoms with Crippen molar-refractivity contribution >= 4 is 28.3 Å². The summed E-state index contributed by atoms with van der Waals surface area (Å²) in [5, 5.41) is 8.00. The molecular formula is C19H24N4O4S. The number of carbonyl (C=O) groups is 2. The van der Waals surface area contributed by atoms with Crippen molar-refractivity contribution in [2.24, 2.45) is 0 Å². The molecule has 0 atom stereocenters. The van der Waals surface area contributed by atoms with Gasteiger partial charge >= 0.3 is 0 Å². The Morgan fingerprint density at radius 1 is 1.36 bits per heavy atom. The average Bonchev–Trinajstić information content (AvgIpc) is 3.13. The van der Waals surface area contributed by atoms with Crippen molar-refractivity contribution in [3.63, 3.8) is 0 Å². The van der Waals surface area contributed by atoms with Crippen LogP contribution in [0.15, 0.2) is 23.6 Å². The van der Waals surface area contributed by atoms with E-state index in [0.29, 0.717) is 35.4 Å². The SMILES string of the molecule is COc1ccc(-c2csc(NC(=O)CN3CCNC(=O)C3(C)C)n2)c(OC)c1. The van der Waals surface area contributed by atoms with E-state index < -0.39 is 5.54 Å². The first kappa shape index (κ1) is 20.1. The number of anilines is 1. The van der Waals surface area contributed by atoms with Crippen molar-refractivity contribution in [1.29, 1.82) is 0 Å². The lowest BCUT2D eigenvalue weighted by Gasteiger charge is -2.40. The molecule has 1 aromatic heterocycles. The first-order valence-corrected chi connectivity index (χ1v) is 9.74. The molecule has 1 aliphatic rings. The van der Waals surface area contributed by atoms with Crippen molar-refractivity contribution < 1.29 is 19.1 Å². The second kappa shape index (κ2) is 8.15. The third kappa shape index (κ3) is 4.10. The molecule has 2 aromatic rings. The predicted molar refractivity (Wildman–Crippen MR) is 108 cm³/mol. The molecule has 2 heterocycles. The van der Waals surface area contributed by atoms with Crippen LogP contribution < -0.4 is 20.1 Å². The number of rotatable bonds is 6. The molecule has 1 saturated heterocycles. The predicted octanol–water partition coefficient (Wildman–Crippen LogP) is 1.98. The number of amides is 2. The number of nitrogens with one attached hydrogen (secondary N) is 2. The van der Waals surface area contributed by atoms with Gasteiger partial charge in [0, 0.05) is 30.1 Å². The lowest BCUT2D eigenvalue weighted by molar-refractivity contribution is -0.136. The van der Waals surface area contributed by atoms with Crippen molar-refractivity contribution in [3.05, 3.63) is 23.6 Å². The highest BCUT2D eigenvalue weighted by Crippen LogP contribution is 2.34. The van der Waals surface area contributed by atoms with Crippen molar-refractivity contribution in [2.75, 3.05) is 39.2 Å². The number of piperazine rings is 1. The summed E-state index contributed by atoms with van der Waals surface area (Å²) in [7, 11) is 3.18. The molecule has 1 aliphatic heterocycles. The lowest BCUT2D eigenvalue weighted by atomic mass is 9.99. The molecular weight excluding hydrogens is 380 g/mol. The van der Waals surface area contributed by atoms with E-state index in [1.807, 2.05) is 36.3 Å². The van der Waals surface area contributed by atoms with Gasteiger partial charge in [-0.3, -0.25) is 14.5 Å². The summed E-state index contributed by atoms with van der Waals surface area (Å²) >= 11 is 1.34. The number of hydrogen-bond acceptors (Lipinski definition) is 7. The van der Waals surface area contributed by atoms with Crippen LogP contribution in [0.25, 0.3) is 11.3 Å². The van der Waals surface area contributed by atoms with Gasteiger partial charge in [-0.25, -0.2) is 4.98 Å². The van der Waals surface area contributed by atoms with E-state index in [0.717, 1.165) is 5.56 Å². The number of nitrogens with zero attached hydrogens (tertiary/aromatic N) is 2. The highest BCUT2D eigenvalue weighted by Gasteiger charge is 2.38. The van der Waals surface area contributed by atoms with Crippen LogP contribution >= 0.6 is 11.3 Å². The highest BCUT2D eigenvalue weighted by molar-refractivity contribution is 7.14. The molecule has 3 rings (SSSR count). The molecule has 0 unspecified atom stereocenters. The Balaban J connectivity index is 1.69. The Kier molecular flexibility index (Phi) is 5.85. The summed E-state index contributed by atoms with van der Waals surface area (Å²) in [6.07, 6.45) is 0. The number of ether oxygens (including phenoxy) is 2. The number of aromatic nitrogens is 1. The molecule has 0 radical (unpaired) electrons. The molecule has 0 aliphatic carbocycles. The zero-order valence-electron chi connectivity index (χ0n) is 16.4. The number of hydrogen-bond donors (Lipinski definition) is 2. The smallest absolute Gasteiger partial charge is 0.240 e. The molecule has 2 amide bonds. The molecule has 150 valence electrons.